The summed E-state index contributed by atoms with van der Waals surface area (Å²) in [4.78, 5) is 24.2. The van der Waals surface area contributed by atoms with Crippen molar-refractivity contribution in [3.05, 3.63) is 35.0 Å². The first kappa shape index (κ1) is 17.5. The fourth-order valence-corrected chi connectivity index (χ4v) is 2.33. The first-order valence-electron chi connectivity index (χ1n) is 7.49. The van der Waals surface area contributed by atoms with Gasteiger partial charge in [-0.15, -0.1) is 10.2 Å². The Morgan fingerprint density at radius 3 is 2.73 bits per heavy atom. The molecule has 0 bridgehead atoms. The number of carbonyl (C=O) groups excluding carboxylic acids is 2. The van der Waals surface area contributed by atoms with E-state index in [1.165, 1.54) is 6.92 Å². The van der Waals surface area contributed by atoms with Crippen molar-refractivity contribution in [3.63, 3.8) is 0 Å². The molecule has 0 aliphatic rings. The van der Waals surface area contributed by atoms with E-state index >= 15 is 0 Å². The number of rotatable bonds is 5. The number of benzene rings is 1. The summed E-state index contributed by atoms with van der Waals surface area (Å²) in [5.74, 6) is 0.596. The van der Waals surface area contributed by atoms with E-state index in [1.807, 2.05) is 0 Å². The predicted molar refractivity (Wildman–Crippen MR) is 92.4 cm³/mol. The van der Waals surface area contributed by atoms with Crippen LogP contribution in [0.25, 0.3) is 11.4 Å². The van der Waals surface area contributed by atoms with Crippen LogP contribution in [0.15, 0.2) is 28.8 Å². The summed E-state index contributed by atoms with van der Waals surface area (Å²) >= 11 is 6.13. The lowest BCUT2D eigenvalue weighted by Crippen LogP contribution is -2.20. The maximum absolute atomic E-state index is 12.0. The number of tetrazole rings is 1. The third-order valence-electron chi connectivity index (χ3n) is 3.17. The molecule has 2 heterocycles. The van der Waals surface area contributed by atoms with Gasteiger partial charge in [0.2, 0.25) is 17.6 Å². The first-order chi connectivity index (χ1) is 12.4. The molecule has 0 saturated carbocycles. The Bertz CT molecular complexity index is 966. The summed E-state index contributed by atoms with van der Waals surface area (Å²) in [6.07, 6.45) is 0. The Labute approximate surface area is 152 Å². The topological polar surface area (TPSA) is 128 Å². The van der Waals surface area contributed by atoms with Gasteiger partial charge in [-0.1, -0.05) is 16.8 Å². The zero-order chi connectivity index (χ0) is 18.7. The van der Waals surface area contributed by atoms with E-state index in [2.05, 4.69) is 31.2 Å². The van der Waals surface area contributed by atoms with Gasteiger partial charge in [-0.3, -0.25) is 9.59 Å². The standard InChI is InChI=1S/C15H14ClN7O3/c1-8-5-13(21-26-8)18-14(25)7-23-20-15(19-22-23)10-3-4-12(11(16)6-10)17-9(2)24/h3-6H,7H2,1-2H3,(H,17,24)(H,18,21,25). The van der Waals surface area contributed by atoms with Crippen LogP contribution in [0.3, 0.4) is 0 Å². The van der Waals surface area contributed by atoms with Gasteiger partial charge in [0.15, 0.2) is 5.82 Å². The second kappa shape index (κ2) is 7.31. The van der Waals surface area contributed by atoms with Crippen LogP contribution in [0.2, 0.25) is 5.02 Å². The maximum Gasteiger partial charge on any atom is 0.249 e. The molecule has 0 atom stereocenters. The summed E-state index contributed by atoms with van der Waals surface area (Å²) < 4.78 is 4.87. The smallest absolute Gasteiger partial charge is 0.249 e. The molecule has 26 heavy (non-hydrogen) atoms. The number of amides is 2. The minimum atomic E-state index is -0.374. The van der Waals surface area contributed by atoms with Crippen LogP contribution in [0.1, 0.15) is 12.7 Å². The molecule has 134 valence electrons. The number of aryl methyl sites for hydroxylation is 1. The maximum atomic E-state index is 12.0. The Kier molecular flexibility index (Phi) is 4.94. The van der Waals surface area contributed by atoms with Gasteiger partial charge in [0.1, 0.15) is 12.3 Å². The number of anilines is 2. The number of carbonyl (C=O) groups is 2. The third-order valence-corrected chi connectivity index (χ3v) is 3.48. The summed E-state index contributed by atoms with van der Waals surface area (Å²) in [7, 11) is 0. The molecule has 2 amide bonds. The molecule has 11 heteroatoms. The molecule has 0 saturated heterocycles. The normalized spacial score (nSPS) is 10.6. The van der Waals surface area contributed by atoms with Crippen LogP contribution >= 0.6 is 11.6 Å². The molecule has 10 nitrogen and oxygen atoms in total. The number of nitrogens with one attached hydrogen (secondary N) is 2. The molecule has 2 N–H and O–H groups in total. The monoisotopic (exact) mass is 375 g/mol. The minimum absolute atomic E-state index is 0.142. The predicted octanol–water partition coefficient (Wildman–Crippen LogP) is 1.89. The number of hydrogen-bond acceptors (Lipinski definition) is 7. The molecule has 1 aromatic carbocycles. The van der Waals surface area contributed by atoms with Crippen LogP contribution in [-0.2, 0) is 16.1 Å². The molecule has 0 aliphatic heterocycles. The molecule has 0 fully saturated rings. The highest BCUT2D eigenvalue weighted by atomic mass is 35.5. The Balaban J connectivity index is 1.68. The van der Waals surface area contributed by atoms with Crippen molar-refractivity contribution in [1.29, 1.82) is 0 Å². The average molecular weight is 376 g/mol. The van der Waals surface area contributed by atoms with E-state index in [4.69, 9.17) is 16.1 Å². The van der Waals surface area contributed by atoms with E-state index in [1.54, 1.807) is 31.2 Å². The SMILES string of the molecule is CC(=O)Nc1ccc(-c2nnn(CC(=O)Nc3cc(C)on3)n2)cc1Cl. The highest BCUT2D eigenvalue weighted by molar-refractivity contribution is 6.34. The van der Waals surface area contributed by atoms with Gasteiger partial charge in [-0.2, -0.15) is 4.80 Å². The van der Waals surface area contributed by atoms with E-state index in [0.29, 0.717) is 33.7 Å². The molecule has 0 spiro atoms. The van der Waals surface area contributed by atoms with Crippen molar-refractivity contribution >= 4 is 34.9 Å². The minimum Gasteiger partial charge on any atom is -0.360 e. The van der Waals surface area contributed by atoms with E-state index in [9.17, 15) is 9.59 Å². The molecular formula is C15H14ClN7O3. The van der Waals surface area contributed by atoms with Crippen LogP contribution in [-0.4, -0.2) is 37.2 Å². The lowest BCUT2D eigenvalue weighted by molar-refractivity contribution is -0.117. The molecule has 0 radical (unpaired) electrons. The fraction of sp³-hybridized carbons (Fsp3) is 0.200. The van der Waals surface area contributed by atoms with Crippen LogP contribution in [0, 0.1) is 6.92 Å². The number of hydrogen-bond donors (Lipinski definition) is 2. The van der Waals surface area contributed by atoms with E-state index in [-0.39, 0.29) is 18.4 Å². The fourth-order valence-electron chi connectivity index (χ4n) is 2.11. The second-order valence-electron chi connectivity index (χ2n) is 5.39. The van der Waals surface area contributed by atoms with E-state index in [0.717, 1.165) is 4.80 Å². The molecular weight excluding hydrogens is 362 g/mol. The van der Waals surface area contributed by atoms with E-state index < -0.39 is 0 Å². The van der Waals surface area contributed by atoms with Gasteiger partial charge in [-0.05, 0) is 30.3 Å². The van der Waals surface area contributed by atoms with Gasteiger partial charge in [-0.25, -0.2) is 0 Å². The summed E-state index contributed by atoms with van der Waals surface area (Å²) in [6.45, 7) is 2.97. The molecule has 3 rings (SSSR count). The van der Waals surface area contributed by atoms with Crippen LogP contribution < -0.4 is 10.6 Å². The number of halogens is 1. The number of nitrogens with zero attached hydrogens (tertiary/aromatic N) is 5. The van der Waals surface area contributed by atoms with Crippen molar-refractivity contribution < 1.29 is 14.1 Å². The lowest BCUT2D eigenvalue weighted by atomic mass is 10.2. The summed E-state index contributed by atoms with van der Waals surface area (Å²) in [6, 6.07) is 6.53. The number of aromatic nitrogens is 5. The van der Waals surface area contributed by atoms with Gasteiger partial charge in [0.25, 0.3) is 0 Å². The lowest BCUT2D eigenvalue weighted by Gasteiger charge is -2.05. The highest BCUT2D eigenvalue weighted by Gasteiger charge is 2.12. The zero-order valence-corrected chi connectivity index (χ0v) is 14.6. The van der Waals surface area contributed by atoms with Crippen molar-refractivity contribution in [2.24, 2.45) is 0 Å². The Hall–Kier alpha value is -3.27. The Morgan fingerprint density at radius 1 is 1.27 bits per heavy atom. The van der Waals surface area contributed by atoms with Gasteiger partial charge >= 0.3 is 0 Å². The third kappa shape index (κ3) is 4.22. The first-order valence-corrected chi connectivity index (χ1v) is 7.87. The van der Waals surface area contributed by atoms with Gasteiger partial charge in [0.05, 0.1) is 10.7 Å². The van der Waals surface area contributed by atoms with Crippen molar-refractivity contribution in [1.82, 2.24) is 25.4 Å². The Morgan fingerprint density at radius 2 is 2.08 bits per heavy atom. The van der Waals surface area contributed by atoms with Crippen molar-refractivity contribution in [3.8, 4) is 11.4 Å². The molecule has 3 aromatic rings. The average Bonchev–Trinajstić information content (AvgIpc) is 3.18. The van der Waals surface area contributed by atoms with Crippen LogP contribution in [0.5, 0.6) is 0 Å². The van der Waals surface area contributed by atoms with Crippen LogP contribution in [0.4, 0.5) is 11.5 Å². The second-order valence-corrected chi connectivity index (χ2v) is 5.80. The summed E-state index contributed by atoms with van der Waals surface area (Å²) in [5.41, 5.74) is 1.08. The summed E-state index contributed by atoms with van der Waals surface area (Å²) in [5, 5.41) is 21.1. The molecule has 2 aromatic heterocycles. The van der Waals surface area contributed by atoms with Gasteiger partial charge in [0, 0.05) is 18.6 Å². The zero-order valence-electron chi connectivity index (χ0n) is 13.9. The van der Waals surface area contributed by atoms with Gasteiger partial charge < -0.3 is 15.2 Å². The largest absolute Gasteiger partial charge is 0.360 e. The quantitative estimate of drug-likeness (QED) is 0.696. The van der Waals surface area contributed by atoms with Crippen molar-refractivity contribution in [2.45, 2.75) is 20.4 Å². The highest BCUT2D eigenvalue weighted by Crippen LogP contribution is 2.26. The molecule has 0 unspecified atom stereocenters. The van der Waals surface area contributed by atoms with Crippen molar-refractivity contribution in [2.75, 3.05) is 10.6 Å². The molecule has 0 aliphatic carbocycles.